The van der Waals surface area contributed by atoms with Gasteiger partial charge in [-0.1, -0.05) is 41.2 Å². The lowest BCUT2D eigenvalue weighted by Crippen LogP contribution is -2.69. The molecule has 0 amide bonds. The Kier molecular flexibility index (Phi) is 18.8. The average Bonchev–Trinajstić information content (AvgIpc) is 3.99. The minimum absolute atomic E-state index is 0.0391. The first-order valence-corrected chi connectivity index (χ1v) is 27.6. The smallest absolute Gasteiger partial charge is 0.187 e. The first-order chi connectivity index (χ1) is 36.0. The Morgan fingerprint density at radius 1 is 0.623 bits per heavy atom. The number of ether oxygens (including phenoxy) is 8. The van der Waals surface area contributed by atoms with Crippen LogP contribution in [-0.2, 0) is 42.8 Å². The molecule has 15 N–H and O–H groups in total. The molecular formula is C53H90O24. The monoisotopic (exact) mass is 1110 g/mol. The van der Waals surface area contributed by atoms with E-state index in [2.05, 4.69) is 27.4 Å². The van der Waals surface area contributed by atoms with Crippen LogP contribution in [0.5, 0.6) is 0 Å². The molecule has 0 bridgehead atoms. The summed E-state index contributed by atoms with van der Waals surface area (Å²) in [5, 5.41) is 161. The highest BCUT2D eigenvalue weighted by atomic mass is 17.1. The SMILES string of the molecule is C=C(C)C(CCC(C)(OC1OC(COC2OCC(O)C(O)C2O)C(O)C(O)C1O)C1CCC2(C)C1CCC1C3(C)CC(O)C(OC4OC(CO)C(O)C(O)C4OC4OC(CO)C(O)C(O)C4O)C(C)(C)C3CCC12C)OO. The standard InChI is InChI=1S/C53H90O24/c1-22(2)27(77-68)12-16-53(8,76-47-42(67)38(63)36(61)30(73-47)21-70-45-40(65)33(58)26(57)20-69-45)24-11-14-51(6)23(24)9-10-32-50(5)17-25(56)44(49(3,4)31(50)13-15-52(32,51)7)75-48-43(39(64)35(60)29(19-55)72-48)74-46-41(66)37(62)34(59)28(18-54)71-46/h23-48,54-68H,1,9-21H2,2-8H3. The molecular weight excluding hydrogens is 1020 g/mol. The second-order valence-corrected chi connectivity index (χ2v) is 25.5. The third-order valence-electron chi connectivity index (χ3n) is 20.8. The van der Waals surface area contributed by atoms with Crippen LogP contribution in [-0.4, -0.2) is 244 Å². The summed E-state index contributed by atoms with van der Waals surface area (Å²) < 4.78 is 48.5. The van der Waals surface area contributed by atoms with Crippen LogP contribution in [0.1, 0.15) is 106 Å². The maximum Gasteiger partial charge on any atom is 0.187 e. The van der Waals surface area contributed by atoms with Crippen molar-refractivity contribution in [1.29, 1.82) is 0 Å². The van der Waals surface area contributed by atoms with E-state index in [1.807, 2.05) is 20.8 Å². The van der Waals surface area contributed by atoms with E-state index >= 15 is 0 Å². The van der Waals surface area contributed by atoms with Crippen molar-refractivity contribution in [3.8, 4) is 0 Å². The summed E-state index contributed by atoms with van der Waals surface area (Å²) in [6.45, 7) is 16.4. The van der Waals surface area contributed by atoms with Gasteiger partial charge in [0.25, 0.3) is 0 Å². The minimum atomic E-state index is -1.86. The van der Waals surface area contributed by atoms with Gasteiger partial charge < -0.3 is 109 Å². The number of aliphatic hydroxyl groups is 14. The number of aliphatic hydroxyl groups excluding tert-OH is 14. The van der Waals surface area contributed by atoms with Gasteiger partial charge in [0, 0.05) is 0 Å². The molecule has 4 saturated heterocycles. The zero-order chi connectivity index (χ0) is 56.6. The summed E-state index contributed by atoms with van der Waals surface area (Å²) in [5.41, 5.74) is -2.38. The Morgan fingerprint density at radius 3 is 1.82 bits per heavy atom. The van der Waals surface area contributed by atoms with Gasteiger partial charge in [-0.05, 0) is 123 Å². The van der Waals surface area contributed by atoms with E-state index in [0.717, 1.165) is 32.1 Å². The number of fused-ring (bicyclic) bond motifs is 5. The van der Waals surface area contributed by atoms with E-state index < -0.39 is 171 Å². The molecule has 0 spiro atoms. The van der Waals surface area contributed by atoms with Gasteiger partial charge in [-0.15, -0.1) is 0 Å². The molecule has 8 fully saturated rings. The van der Waals surface area contributed by atoms with Crippen LogP contribution in [0, 0.1) is 45.3 Å². The summed E-state index contributed by atoms with van der Waals surface area (Å²) in [6.07, 6.45) is -27.8. The van der Waals surface area contributed by atoms with Crippen LogP contribution in [0.4, 0.5) is 0 Å². The average molecular weight is 1110 g/mol. The molecule has 0 aromatic heterocycles. The largest absolute Gasteiger partial charge is 0.394 e. The fourth-order valence-electron chi connectivity index (χ4n) is 16.3. The molecule has 0 aromatic rings. The number of hydrogen-bond acceptors (Lipinski definition) is 24. The zero-order valence-corrected chi connectivity index (χ0v) is 45.3. The van der Waals surface area contributed by atoms with E-state index in [0.29, 0.717) is 18.4 Å². The first kappa shape index (κ1) is 61.8. The van der Waals surface area contributed by atoms with Gasteiger partial charge in [0.15, 0.2) is 25.2 Å². The molecule has 8 aliphatic rings. The Labute approximate surface area is 449 Å². The van der Waals surface area contributed by atoms with Crippen molar-refractivity contribution in [3.63, 3.8) is 0 Å². The van der Waals surface area contributed by atoms with Crippen molar-refractivity contribution in [2.75, 3.05) is 26.4 Å². The molecule has 8 rings (SSSR count). The normalized spacial score (nSPS) is 52.2. The van der Waals surface area contributed by atoms with E-state index in [1.165, 1.54) is 0 Å². The van der Waals surface area contributed by atoms with Crippen molar-refractivity contribution in [3.05, 3.63) is 12.2 Å². The Bertz CT molecular complexity index is 1990. The van der Waals surface area contributed by atoms with Gasteiger partial charge >= 0.3 is 0 Å². The minimum Gasteiger partial charge on any atom is -0.394 e. The van der Waals surface area contributed by atoms with Gasteiger partial charge in [0.1, 0.15) is 97.7 Å². The second kappa shape index (κ2) is 23.4. The molecule has 4 saturated carbocycles. The molecule has 24 heteroatoms. The van der Waals surface area contributed by atoms with Crippen LogP contribution < -0.4 is 0 Å². The van der Waals surface area contributed by atoms with Crippen LogP contribution >= 0.6 is 0 Å². The Hall–Kier alpha value is -1.22. The van der Waals surface area contributed by atoms with Crippen molar-refractivity contribution in [2.45, 2.75) is 247 Å². The predicted octanol–water partition coefficient (Wildman–Crippen LogP) is -2.10. The van der Waals surface area contributed by atoms with Crippen molar-refractivity contribution in [1.82, 2.24) is 0 Å². The summed E-state index contributed by atoms with van der Waals surface area (Å²) in [5.74, 6) is -0.0924. The van der Waals surface area contributed by atoms with Crippen LogP contribution in [0.25, 0.3) is 0 Å². The van der Waals surface area contributed by atoms with E-state index in [4.69, 9.17) is 42.8 Å². The lowest BCUT2D eigenvalue weighted by atomic mass is 9.35. The molecule has 446 valence electrons. The molecule has 4 aliphatic carbocycles. The summed E-state index contributed by atoms with van der Waals surface area (Å²) in [6, 6.07) is 0. The molecule has 0 radical (unpaired) electrons. The highest BCUT2D eigenvalue weighted by Crippen LogP contribution is 2.76. The molecule has 24 nitrogen and oxygen atoms in total. The fraction of sp³-hybridized carbons (Fsp3) is 0.962. The van der Waals surface area contributed by atoms with Crippen LogP contribution in [0.2, 0.25) is 0 Å². The molecule has 30 atom stereocenters. The van der Waals surface area contributed by atoms with Crippen LogP contribution in [0.15, 0.2) is 12.2 Å². The lowest BCUT2D eigenvalue weighted by molar-refractivity contribution is -0.383. The van der Waals surface area contributed by atoms with Crippen molar-refractivity contribution >= 4 is 0 Å². The third-order valence-corrected chi connectivity index (χ3v) is 20.8. The van der Waals surface area contributed by atoms with Crippen molar-refractivity contribution < 1.29 is 120 Å². The Balaban J connectivity index is 1.02. The van der Waals surface area contributed by atoms with E-state index in [1.54, 1.807) is 6.92 Å². The van der Waals surface area contributed by atoms with Gasteiger partial charge in [-0.25, -0.2) is 4.89 Å². The maximum absolute atomic E-state index is 12.5. The van der Waals surface area contributed by atoms with Gasteiger partial charge in [0.05, 0.1) is 44.2 Å². The Morgan fingerprint density at radius 2 is 1.19 bits per heavy atom. The number of hydrogen-bond donors (Lipinski definition) is 15. The third kappa shape index (κ3) is 10.9. The molecule has 4 heterocycles. The quantitative estimate of drug-likeness (QED) is 0.0321. The first-order valence-electron chi connectivity index (χ1n) is 27.6. The van der Waals surface area contributed by atoms with Gasteiger partial charge in [-0.3, -0.25) is 5.26 Å². The predicted molar refractivity (Wildman–Crippen MR) is 263 cm³/mol. The topological polar surface area (TPSA) is 387 Å². The summed E-state index contributed by atoms with van der Waals surface area (Å²) in [7, 11) is 0. The lowest BCUT2D eigenvalue weighted by Gasteiger charge is -2.70. The van der Waals surface area contributed by atoms with Crippen molar-refractivity contribution in [2.24, 2.45) is 45.3 Å². The van der Waals surface area contributed by atoms with Crippen LogP contribution in [0.3, 0.4) is 0 Å². The summed E-state index contributed by atoms with van der Waals surface area (Å²) in [4.78, 5) is 4.86. The second-order valence-electron chi connectivity index (χ2n) is 25.5. The zero-order valence-electron chi connectivity index (χ0n) is 45.3. The molecule has 30 unspecified atom stereocenters. The van der Waals surface area contributed by atoms with Gasteiger partial charge in [0.2, 0.25) is 0 Å². The highest BCUT2D eigenvalue weighted by molar-refractivity contribution is 5.20. The molecule has 4 aliphatic heterocycles. The summed E-state index contributed by atoms with van der Waals surface area (Å²) >= 11 is 0. The molecule has 0 aromatic carbocycles. The van der Waals surface area contributed by atoms with Gasteiger partial charge in [-0.2, -0.15) is 0 Å². The van der Waals surface area contributed by atoms with E-state index in [9.17, 15) is 76.7 Å². The fourth-order valence-corrected chi connectivity index (χ4v) is 16.3. The van der Waals surface area contributed by atoms with E-state index in [-0.39, 0.29) is 54.0 Å². The highest BCUT2D eigenvalue weighted by Gasteiger charge is 2.71. The molecule has 77 heavy (non-hydrogen) atoms. The maximum atomic E-state index is 12.5. The number of rotatable bonds is 17.